The molecule has 1 atom stereocenters. The molecule has 2 saturated heterocycles. The van der Waals surface area contributed by atoms with Gasteiger partial charge >= 0.3 is 0 Å². The van der Waals surface area contributed by atoms with E-state index < -0.39 is 0 Å². The molecule has 1 aromatic carbocycles. The third kappa shape index (κ3) is 3.07. The fourth-order valence-electron chi connectivity index (χ4n) is 6.37. The zero-order chi connectivity index (χ0) is 22.9. The zero-order valence-corrected chi connectivity index (χ0v) is 19.5. The van der Waals surface area contributed by atoms with Crippen LogP contribution in [0.25, 0.3) is 16.7 Å². The van der Waals surface area contributed by atoms with Gasteiger partial charge < -0.3 is 9.64 Å². The van der Waals surface area contributed by atoms with Crippen molar-refractivity contribution in [2.45, 2.75) is 50.1 Å². The average molecular weight is 456 g/mol. The van der Waals surface area contributed by atoms with Crippen molar-refractivity contribution in [3.63, 3.8) is 0 Å². The number of hydrogen-bond donors (Lipinski definition) is 0. The van der Waals surface area contributed by atoms with Gasteiger partial charge in [-0.2, -0.15) is 10.4 Å². The Hall–Kier alpha value is -3.02. The summed E-state index contributed by atoms with van der Waals surface area (Å²) in [6.07, 6.45) is 8.06. The second kappa shape index (κ2) is 7.24. The van der Waals surface area contributed by atoms with Gasteiger partial charge in [-0.25, -0.2) is 14.6 Å². The zero-order valence-electron chi connectivity index (χ0n) is 19.5. The maximum atomic E-state index is 10.0. The number of piperazine rings is 1. The van der Waals surface area contributed by atoms with Gasteiger partial charge in [0.2, 0.25) is 0 Å². The predicted octanol–water partition coefficient (Wildman–Crippen LogP) is 3.06. The number of hydrogen-bond acceptors (Lipinski definition) is 7. The van der Waals surface area contributed by atoms with Crippen LogP contribution in [0.15, 0.2) is 36.8 Å². The van der Waals surface area contributed by atoms with Crippen LogP contribution in [0.5, 0.6) is 0 Å². The molecule has 4 heterocycles. The molecule has 8 nitrogen and oxygen atoms in total. The lowest BCUT2D eigenvalue weighted by atomic mass is 9.57. The van der Waals surface area contributed by atoms with Crippen LogP contribution in [-0.4, -0.2) is 69.6 Å². The van der Waals surface area contributed by atoms with Crippen LogP contribution in [0.2, 0.25) is 0 Å². The number of nitriles is 1. The topological polar surface area (TPSA) is 83.1 Å². The van der Waals surface area contributed by atoms with Crippen molar-refractivity contribution >= 4 is 16.7 Å². The maximum absolute atomic E-state index is 10.0. The minimum atomic E-state index is -0.349. The fourth-order valence-corrected chi connectivity index (χ4v) is 6.37. The first kappa shape index (κ1) is 20.4. The Balaban J connectivity index is 1.18. The third-order valence-corrected chi connectivity index (χ3v) is 8.60. The van der Waals surface area contributed by atoms with Crippen LogP contribution in [0, 0.1) is 16.7 Å². The molecule has 0 bridgehead atoms. The molecule has 8 heteroatoms. The fraction of sp³-hybridized carbons (Fsp3) is 0.538. The number of ether oxygens (including phenoxy) is 1. The van der Waals surface area contributed by atoms with Crippen molar-refractivity contribution in [1.29, 1.82) is 5.26 Å². The summed E-state index contributed by atoms with van der Waals surface area (Å²) < 4.78 is 7.29. The molecule has 7 rings (SSSR count). The Kier molecular flexibility index (Phi) is 4.33. The molecule has 2 aromatic heterocycles. The van der Waals surface area contributed by atoms with E-state index in [-0.39, 0.29) is 5.41 Å². The second-order valence-electron chi connectivity index (χ2n) is 10.8. The average Bonchev–Trinajstić information content (AvgIpc) is 3.48. The van der Waals surface area contributed by atoms with Gasteiger partial charge in [0.05, 0.1) is 42.5 Å². The van der Waals surface area contributed by atoms with Crippen molar-refractivity contribution in [1.82, 2.24) is 24.6 Å². The van der Waals surface area contributed by atoms with Crippen LogP contribution < -0.4 is 4.90 Å². The monoisotopic (exact) mass is 455 g/mol. The second-order valence-corrected chi connectivity index (χ2v) is 10.8. The number of aromatic nitrogens is 4. The quantitative estimate of drug-likeness (QED) is 0.598. The molecular weight excluding hydrogens is 426 g/mol. The van der Waals surface area contributed by atoms with E-state index in [1.165, 1.54) is 12.8 Å². The third-order valence-electron chi connectivity index (χ3n) is 8.60. The standard InChI is InChI=1S/C26H29N7O/c1-18-11-31(6-7-32(18)21-12-34-13-21)23-9-24(29-17-28-23)33-22-8-20(3-2-19(22)10-30-33)26(16-27)14-25(15-26)4-5-25/h2-3,8-10,17-18,21H,4-7,11-15H2,1H3. The van der Waals surface area contributed by atoms with E-state index in [1.807, 2.05) is 16.9 Å². The first-order valence-corrected chi connectivity index (χ1v) is 12.4. The highest BCUT2D eigenvalue weighted by atomic mass is 16.5. The summed E-state index contributed by atoms with van der Waals surface area (Å²) in [5, 5.41) is 15.7. The molecule has 4 aliphatic rings. The number of fused-ring (bicyclic) bond motifs is 1. The van der Waals surface area contributed by atoms with Crippen LogP contribution in [0.3, 0.4) is 0 Å². The van der Waals surface area contributed by atoms with Gasteiger partial charge in [-0.05, 0) is 49.7 Å². The molecule has 2 saturated carbocycles. The summed E-state index contributed by atoms with van der Waals surface area (Å²) >= 11 is 0. The van der Waals surface area contributed by atoms with Crippen molar-refractivity contribution < 1.29 is 4.74 Å². The minimum absolute atomic E-state index is 0.349. The molecule has 0 N–H and O–H groups in total. The molecule has 0 amide bonds. The lowest BCUT2D eigenvalue weighted by Gasteiger charge is -2.46. The first-order valence-electron chi connectivity index (χ1n) is 12.4. The summed E-state index contributed by atoms with van der Waals surface area (Å²) in [4.78, 5) is 14.1. The van der Waals surface area contributed by atoms with E-state index in [1.54, 1.807) is 6.33 Å². The van der Waals surface area contributed by atoms with Crippen molar-refractivity contribution in [2.24, 2.45) is 5.41 Å². The molecule has 1 unspecified atom stereocenters. The Bertz CT molecular complexity index is 1290. The highest BCUT2D eigenvalue weighted by Crippen LogP contribution is 2.68. The van der Waals surface area contributed by atoms with Gasteiger partial charge in [0.1, 0.15) is 12.1 Å². The van der Waals surface area contributed by atoms with E-state index in [0.717, 1.165) is 73.8 Å². The largest absolute Gasteiger partial charge is 0.378 e. The lowest BCUT2D eigenvalue weighted by molar-refractivity contribution is -0.0793. The molecule has 4 fully saturated rings. The summed E-state index contributed by atoms with van der Waals surface area (Å²) in [6.45, 7) is 6.87. The Labute approximate surface area is 199 Å². The van der Waals surface area contributed by atoms with Crippen LogP contribution in [-0.2, 0) is 10.2 Å². The van der Waals surface area contributed by atoms with E-state index in [0.29, 0.717) is 17.5 Å². The number of anilines is 1. The Morgan fingerprint density at radius 2 is 1.91 bits per heavy atom. The predicted molar refractivity (Wildman–Crippen MR) is 128 cm³/mol. The maximum Gasteiger partial charge on any atom is 0.159 e. The summed E-state index contributed by atoms with van der Waals surface area (Å²) in [6, 6.07) is 12.1. The van der Waals surface area contributed by atoms with Gasteiger partial charge in [0.25, 0.3) is 0 Å². The van der Waals surface area contributed by atoms with E-state index in [4.69, 9.17) is 4.74 Å². The smallest absolute Gasteiger partial charge is 0.159 e. The number of nitrogens with zero attached hydrogens (tertiary/aromatic N) is 7. The summed E-state index contributed by atoms with van der Waals surface area (Å²) in [5.74, 6) is 1.70. The summed E-state index contributed by atoms with van der Waals surface area (Å²) in [5.41, 5.74) is 2.22. The number of rotatable bonds is 4. The van der Waals surface area contributed by atoms with E-state index in [2.05, 4.69) is 56.1 Å². The van der Waals surface area contributed by atoms with Gasteiger partial charge in [-0.15, -0.1) is 0 Å². The first-order chi connectivity index (χ1) is 16.6. The van der Waals surface area contributed by atoms with E-state index >= 15 is 0 Å². The van der Waals surface area contributed by atoms with Crippen LogP contribution in [0.4, 0.5) is 5.82 Å². The van der Waals surface area contributed by atoms with Crippen molar-refractivity contribution in [2.75, 3.05) is 37.7 Å². The lowest BCUT2D eigenvalue weighted by Crippen LogP contribution is -2.60. The normalized spacial score (nSPS) is 25.6. The molecule has 3 aromatic rings. The number of benzene rings is 1. The SMILES string of the molecule is CC1CN(c2cc(-n3ncc4ccc(C5(C#N)CC6(CC6)C5)cc43)ncn2)CCN1C1COC1. The van der Waals surface area contributed by atoms with Gasteiger partial charge in [-0.3, -0.25) is 4.90 Å². The Morgan fingerprint density at radius 3 is 2.62 bits per heavy atom. The Morgan fingerprint density at radius 1 is 1.09 bits per heavy atom. The molecule has 174 valence electrons. The van der Waals surface area contributed by atoms with Crippen LogP contribution in [0.1, 0.15) is 38.2 Å². The van der Waals surface area contributed by atoms with Crippen molar-refractivity contribution in [3.8, 4) is 11.9 Å². The highest BCUT2D eigenvalue weighted by Gasteiger charge is 2.61. The summed E-state index contributed by atoms with van der Waals surface area (Å²) in [7, 11) is 0. The van der Waals surface area contributed by atoms with E-state index in [9.17, 15) is 5.26 Å². The molecular formula is C26H29N7O. The van der Waals surface area contributed by atoms with Gasteiger partial charge in [0.15, 0.2) is 5.82 Å². The minimum Gasteiger partial charge on any atom is -0.378 e. The van der Waals surface area contributed by atoms with Crippen molar-refractivity contribution in [3.05, 3.63) is 42.4 Å². The molecule has 0 radical (unpaired) electrons. The molecule has 2 aliphatic heterocycles. The molecule has 2 aliphatic carbocycles. The molecule has 34 heavy (non-hydrogen) atoms. The molecule has 1 spiro atoms. The highest BCUT2D eigenvalue weighted by molar-refractivity contribution is 5.81. The van der Waals surface area contributed by atoms with Crippen LogP contribution >= 0.6 is 0 Å². The van der Waals surface area contributed by atoms with Gasteiger partial charge in [-0.1, -0.05) is 12.1 Å². The van der Waals surface area contributed by atoms with Gasteiger partial charge in [0, 0.05) is 37.1 Å².